The zero-order chi connectivity index (χ0) is 48.6. The van der Waals surface area contributed by atoms with Crippen LogP contribution in [0.2, 0.25) is 0 Å². The van der Waals surface area contributed by atoms with Crippen LogP contribution in [0.25, 0.3) is 0 Å². The fourth-order valence-electron chi connectivity index (χ4n) is 8.39. The lowest BCUT2D eigenvalue weighted by Gasteiger charge is -2.18. The molecule has 0 aromatic heterocycles. The van der Waals surface area contributed by atoms with Crippen molar-refractivity contribution in [1.82, 2.24) is 0 Å². The minimum Gasteiger partial charge on any atom is -0.462 e. The molecule has 0 bridgehead atoms. The molecule has 390 valence electrons. The first kappa shape index (κ1) is 64.4. The fourth-order valence-corrected chi connectivity index (χ4v) is 8.39. The summed E-state index contributed by atoms with van der Waals surface area (Å²) in [7, 11) is 0. The first-order valence-electron chi connectivity index (χ1n) is 29.1. The highest BCUT2D eigenvalue weighted by molar-refractivity contribution is 5.71. The highest BCUT2D eigenvalue weighted by Gasteiger charge is 2.19. The van der Waals surface area contributed by atoms with Gasteiger partial charge in [-0.3, -0.25) is 14.4 Å². The van der Waals surface area contributed by atoms with E-state index in [0.29, 0.717) is 19.3 Å². The summed E-state index contributed by atoms with van der Waals surface area (Å²) >= 11 is 0. The molecule has 0 aliphatic heterocycles. The second kappa shape index (κ2) is 56.0. The van der Waals surface area contributed by atoms with Crippen LogP contribution >= 0.6 is 0 Å². The normalized spacial score (nSPS) is 12.3. The lowest BCUT2D eigenvalue weighted by atomic mass is 10.0. The fraction of sp³-hybridized carbons (Fsp3) is 0.820. The van der Waals surface area contributed by atoms with Gasteiger partial charge < -0.3 is 14.2 Å². The van der Waals surface area contributed by atoms with Crippen molar-refractivity contribution in [1.29, 1.82) is 0 Å². The number of hydrogen-bond acceptors (Lipinski definition) is 6. The largest absolute Gasteiger partial charge is 0.462 e. The molecular formula is C61H110O6. The van der Waals surface area contributed by atoms with Gasteiger partial charge in [-0.15, -0.1) is 0 Å². The number of allylic oxidation sites excluding steroid dienone is 8. The molecular weight excluding hydrogens is 829 g/mol. The quantitative estimate of drug-likeness (QED) is 0.0262. The van der Waals surface area contributed by atoms with E-state index in [2.05, 4.69) is 69.4 Å². The van der Waals surface area contributed by atoms with Gasteiger partial charge in [-0.05, 0) is 83.5 Å². The van der Waals surface area contributed by atoms with Crippen LogP contribution < -0.4 is 0 Å². The lowest BCUT2D eigenvalue weighted by molar-refractivity contribution is -0.167. The third kappa shape index (κ3) is 54.2. The molecule has 6 heteroatoms. The first-order valence-corrected chi connectivity index (χ1v) is 29.1. The average molecular weight is 940 g/mol. The van der Waals surface area contributed by atoms with Crippen molar-refractivity contribution in [2.45, 2.75) is 309 Å². The predicted octanol–water partition coefficient (Wildman–Crippen LogP) is 19.4. The van der Waals surface area contributed by atoms with E-state index >= 15 is 0 Å². The zero-order valence-electron chi connectivity index (χ0n) is 44.7. The topological polar surface area (TPSA) is 78.9 Å². The van der Waals surface area contributed by atoms with Crippen LogP contribution in [0.15, 0.2) is 48.6 Å². The van der Waals surface area contributed by atoms with Gasteiger partial charge in [0.1, 0.15) is 13.2 Å². The molecule has 1 unspecified atom stereocenters. The molecule has 1 atom stereocenters. The van der Waals surface area contributed by atoms with Crippen LogP contribution in [0.5, 0.6) is 0 Å². The predicted molar refractivity (Wildman–Crippen MR) is 289 cm³/mol. The van der Waals surface area contributed by atoms with Crippen molar-refractivity contribution in [3.63, 3.8) is 0 Å². The molecule has 0 aromatic rings. The molecule has 0 heterocycles. The second-order valence-electron chi connectivity index (χ2n) is 19.6. The van der Waals surface area contributed by atoms with Crippen molar-refractivity contribution in [3.8, 4) is 0 Å². The van der Waals surface area contributed by atoms with Gasteiger partial charge in [0, 0.05) is 19.3 Å². The number of rotatable bonds is 53. The Kier molecular flexibility index (Phi) is 53.8. The second-order valence-corrected chi connectivity index (χ2v) is 19.6. The number of ether oxygens (including phenoxy) is 3. The van der Waals surface area contributed by atoms with Gasteiger partial charge in [0.15, 0.2) is 6.10 Å². The van der Waals surface area contributed by atoms with Gasteiger partial charge in [0.05, 0.1) is 0 Å². The molecule has 0 aliphatic carbocycles. The van der Waals surface area contributed by atoms with E-state index in [0.717, 1.165) is 83.5 Å². The maximum Gasteiger partial charge on any atom is 0.306 e. The van der Waals surface area contributed by atoms with Crippen molar-refractivity contribution in [2.24, 2.45) is 0 Å². The molecule has 0 rings (SSSR count). The molecule has 0 aromatic carbocycles. The van der Waals surface area contributed by atoms with Crippen LogP contribution in [0.4, 0.5) is 0 Å². The molecule has 67 heavy (non-hydrogen) atoms. The van der Waals surface area contributed by atoms with Crippen molar-refractivity contribution < 1.29 is 28.6 Å². The Morgan fingerprint density at radius 2 is 0.537 bits per heavy atom. The molecule has 0 fully saturated rings. The summed E-state index contributed by atoms with van der Waals surface area (Å²) < 4.78 is 16.7. The number of carbonyl (C=O) groups is 3. The molecule has 0 saturated heterocycles. The highest BCUT2D eigenvalue weighted by Crippen LogP contribution is 2.16. The number of carbonyl (C=O) groups excluding carboxylic acids is 3. The molecule has 0 saturated carbocycles. The Labute approximate surface area is 416 Å². The maximum atomic E-state index is 12.8. The van der Waals surface area contributed by atoms with E-state index in [-0.39, 0.29) is 31.1 Å². The van der Waals surface area contributed by atoms with E-state index in [4.69, 9.17) is 14.2 Å². The van der Waals surface area contributed by atoms with Gasteiger partial charge in [0.25, 0.3) is 0 Å². The molecule has 6 nitrogen and oxygen atoms in total. The van der Waals surface area contributed by atoms with Crippen LogP contribution in [0.3, 0.4) is 0 Å². The zero-order valence-corrected chi connectivity index (χ0v) is 44.7. The summed E-state index contributed by atoms with van der Waals surface area (Å²) in [5.41, 5.74) is 0. The molecule has 0 radical (unpaired) electrons. The van der Waals surface area contributed by atoms with Gasteiger partial charge >= 0.3 is 17.9 Å². The standard InChI is InChI=1S/C61H110O6/c1-4-7-10-13-15-17-19-21-23-25-27-28-29-30-31-32-34-35-37-39-41-43-45-48-51-54-60(63)66-57-58(56-65-59(62)53-50-47-12-9-6-3)67-61(64)55-52-49-46-44-42-40-38-36-33-26-24-22-20-18-16-14-11-8-5-2/h16,18,22,24-25,27,33,36,58H,4-15,17,19-21,23,26,28-32,34-35,37-57H2,1-3H3/b18-16-,24-22-,27-25-,36-33-. The number of esters is 3. The smallest absolute Gasteiger partial charge is 0.306 e. The minimum atomic E-state index is -0.775. The first-order chi connectivity index (χ1) is 33.0. The van der Waals surface area contributed by atoms with Crippen LogP contribution in [0, 0.1) is 0 Å². The summed E-state index contributed by atoms with van der Waals surface area (Å²) in [5.74, 6) is -0.893. The van der Waals surface area contributed by atoms with Gasteiger partial charge in [-0.25, -0.2) is 0 Å². The summed E-state index contributed by atoms with van der Waals surface area (Å²) in [6.07, 6.45) is 68.7. The van der Waals surface area contributed by atoms with Crippen LogP contribution in [0.1, 0.15) is 303 Å². The Bertz CT molecular complexity index is 1170. The van der Waals surface area contributed by atoms with Crippen LogP contribution in [-0.2, 0) is 28.6 Å². The third-order valence-electron chi connectivity index (χ3n) is 12.8. The summed E-state index contributed by atoms with van der Waals surface area (Å²) in [4.78, 5) is 37.8. The SMILES string of the molecule is CCCCC/C=C\C/C=C\C/C=C\CCCCCCCCC(=O)OC(COC(=O)CCCCCCC)COC(=O)CCCCCCCCCCCCCCC/C=C\CCCCCCCCCC. The molecule has 0 amide bonds. The Morgan fingerprint density at radius 3 is 0.881 bits per heavy atom. The summed E-state index contributed by atoms with van der Waals surface area (Å²) in [5, 5.41) is 0. The monoisotopic (exact) mass is 939 g/mol. The van der Waals surface area contributed by atoms with E-state index in [1.54, 1.807) is 0 Å². The summed E-state index contributed by atoms with van der Waals surface area (Å²) in [6.45, 7) is 6.55. The van der Waals surface area contributed by atoms with E-state index in [9.17, 15) is 14.4 Å². The highest BCUT2D eigenvalue weighted by atomic mass is 16.6. The van der Waals surface area contributed by atoms with Gasteiger partial charge in [-0.1, -0.05) is 249 Å². The number of unbranched alkanes of at least 4 members (excludes halogenated alkanes) is 34. The van der Waals surface area contributed by atoms with Crippen molar-refractivity contribution in [2.75, 3.05) is 13.2 Å². The summed E-state index contributed by atoms with van der Waals surface area (Å²) in [6, 6.07) is 0. The van der Waals surface area contributed by atoms with Crippen molar-refractivity contribution >= 4 is 17.9 Å². The Hall–Kier alpha value is -2.63. The third-order valence-corrected chi connectivity index (χ3v) is 12.8. The lowest BCUT2D eigenvalue weighted by Crippen LogP contribution is -2.30. The van der Waals surface area contributed by atoms with Gasteiger partial charge in [0.2, 0.25) is 0 Å². The molecule has 0 spiro atoms. The number of hydrogen-bond donors (Lipinski definition) is 0. The van der Waals surface area contributed by atoms with Gasteiger partial charge in [-0.2, -0.15) is 0 Å². The van der Waals surface area contributed by atoms with E-state index in [1.165, 1.54) is 180 Å². The Morgan fingerprint density at radius 1 is 0.299 bits per heavy atom. The minimum absolute atomic E-state index is 0.0770. The average Bonchev–Trinajstić information content (AvgIpc) is 3.33. The maximum absolute atomic E-state index is 12.8. The van der Waals surface area contributed by atoms with E-state index in [1.807, 2.05) is 0 Å². The molecule has 0 aliphatic rings. The van der Waals surface area contributed by atoms with E-state index < -0.39 is 6.10 Å². The molecule has 0 N–H and O–H groups in total. The van der Waals surface area contributed by atoms with Crippen LogP contribution in [-0.4, -0.2) is 37.2 Å². The van der Waals surface area contributed by atoms with Crippen molar-refractivity contribution in [3.05, 3.63) is 48.6 Å². The Balaban J connectivity index is 4.07.